The summed E-state index contributed by atoms with van der Waals surface area (Å²) < 4.78 is 4.91. The predicted molar refractivity (Wildman–Crippen MR) is 91.8 cm³/mol. The lowest BCUT2D eigenvalue weighted by atomic mass is 9.80. The molecule has 134 valence electrons. The van der Waals surface area contributed by atoms with E-state index in [4.69, 9.17) is 4.74 Å². The fourth-order valence-electron chi connectivity index (χ4n) is 3.95. The number of amides is 2. The highest BCUT2D eigenvalue weighted by molar-refractivity contribution is 6.09. The number of carbonyl (C=O) groups excluding carboxylic acids is 3. The number of likely N-dealkylation sites (tertiary alicyclic amines) is 1. The standard InChI is InChI=1S/C18H23N3O4/c1-18(17(24)25-5)13-12(15(22)21(4)16(13)23)14(19-18)10-6-8-11(9-7-10)20(2)3/h6-9,12-14,19H,1-5H3/t12-,13-,14-,18-/m0/s1. The summed E-state index contributed by atoms with van der Waals surface area (Å²) in [5, 5.41) is 3.21. The number of nitrogens with one attached hydrogen (secondary N) is 1. The summed E-state index contributed by atoms with van der Waals surface area (Å²) >= 11 is 0. The SMILES string of the molecule is COC(=O)[C@@]1(C)N[C@@H](c2ccc(N(C)C)cc2)[C@H]2C(=O)N(C)C(=O)[C@H]21. The topological polar surface area (TPSA) is 79.0 Å². The van der Waals surface area contributed by atoms with Crippen molar-refractivity contribution < 1.29 is 19.1 Å². The average Bonchev–Trinajstić information content (AvgIpc) is 3.04. The molecule has 0 saturated carbocycles. The van der Waals surface area contributed by atoms with Crippen LogP contribution in [0.15, 0.2) is 24.3 Å². The van der Waals surface area contributed by atoms with Gasteiger partial charge >= 0.3 is 5.97 Å². The van der Waals surface area contributed by atoms with Crippen LogP contribution in [0.5, 0.6) is 0 Å². The lowest BCUT2D eigenvalue weighted by molar-refractivity contribution is -0.152. The Morgan fingerprint density at radius 3 is 2.32 bits per heavy atom. The first kappa shape index (κ1) is 17.4. The molecule has 3 rings (SSSR count). The zero-order valence-corrected chi connectivity index (χ0v) is 15.1. The maximum Gasteiger partial charge on any atom is 0.326 e. The number of benzene rings is 1. The number of hydrogen-bond donors (Lipinski definition) is 1. The van der Waals surface area contributed by atoms with Gasteiger partial charge in [-0.15, -0.1) is 0 Å². The molecule has 0 bridgehead atoms. The van der Waals surface area contributed by atoms with E-state index in [1.54, 1.807) is 6.92 Å². The summed E-state index contributed by atoms with van der Waals surface area (Å²) in [6.07, 6.45) is 0. The van der Waals surface area contributed by atoms with Crippen molar-refractivity contribution in [2.45, 2.75) is 18.5 Å². The van der Waals surface area contributed by atoms with E-state index in [9.17, 15) is 14.4 Å². The highest BCUT2D eigenvalue weighted by Gasteiger charge is 2.66. The molecule has 1 aromatic carbocycles. The molecule has 2 amide bonds. The van der Waals surface area contributed by atoms with E-state index in [2.05, 4.69) is 5.32 Å². The van der Waals surface area contributed by atoms with Crippen molar-refractivity contribution in [3.05, 3.63) is 29.8 Å². The van der Waals surface area contributed by atoms with Crippen molar-refractivity contribution in [1.29, 1.82) is 0 Å². The van der Waals surface area contributed by atoms with Crippen molar-refractivity contribution >= 4 is 23.5 Å². The Labute approximate surface area is 146 Å². The molecule has 2 fully saturated rings. The number of methoxy groups -OCH3 is 1. The monoisotopic (exact) mass is 345 g/mol. The van der Waals surface area contributed by atoms with Gasteiger partial charge in [-0.1, -0.05) is 12.1 Å². The molecular weight excluding hydrogens is 322 g/mol. The van der Waals surface area contributed by atoms with Gasteiger partial charge in [0.15, 0.2) is 0 Å². The lowest BCUT2D eigenvalue weighted by Gasteiger charge is -2.28. The van der Waals surface area contributed by atoms with E-state index >= 15 is 0 Å². The quantitative estimate of drug-likeness (QED) is 0.637. The van der Waals surface area contributed by atoms with Crippen molar-refractivity contribution in [3.63, 3.8) is 0 Å². The molecule has 1 N–H and O–H groups in total. The van der Waals surface area contributed by atoms with Gasteiger partial charge in [0, 0.05) is 32.9 Å². The van der Waals surface area contributed by atoms with E-state index in [-0.39, 0.29) is 11.8 Å². The lowest BCUT2D eigenvalue weighted by Crippen LogP contribution is -2.53. The number of ether oxygens (including phenoxy) is 1. The number of rotatable bonds is 3. The van der Waals surface area contributed by atoms with Crippen LogP contribution in [-0.2, 0) is 19.1 Å². The zero-order valence-electron chi connectivity index (χ0n) is 15.1. The third-order valence-corrected chi connectivity index (χ3v) is 5.39. The Morgan fingerprint density at radius 1 is 1.20 bits per heavy atom. The molecule has 0 aliphatic carbocycles. The highest BCUT2D eigenvalue weighted by atomic mass is 16.5. The Bertz CT molecular complexity index is 730. The van der Waals surface area contributed by atoms with Crippen molar-refractivity contribution in [1.82, 2.24) is 10.2 Å². The number of hydrogen-bond acceptors (Lipinski definition) is 6. The van der Waals surface area contributed by atoms with Crippen molar-refractivity contribution in [3.8, 4) is 0 Å². The number of fused-ring (bicyclic) bond motifs is 1. The number of esters is 1. The molecule has 2 saturated heterocycles. The zero-order chi connectivity index (χ0) is 18.5. The molecule has 0 aromatic heterocycles. The van der Waals surface area contributed by atoms with Crippen LogP contribution < -0.4 is 10.2 Å². The minimum absolute atomic E-state index is 0.267. The first-order chi connectivity index (χ1) is 11.7. The van der Waals surface area contributed by atoms with Crippen LogP contribution in [0, 0.1) is 11.8 Å². The van der Waals surface area contributed by atoms with Gasteiger partial charge in [0.1, 0.15) is 5.54 Å². The van der Waals surface area contributed by atoms with E-state index in [0.29, 0.717) is 0 Å². The predicted octanol–water partition coefficient (Wildman–Crippen LogP) is 0.560. The van der Waals surface area contributed by atoms with Crippen LogP contribution in [0.25, 0.3) is 0 Å². The highest BCUT2D eigenvalue weighted by Crippen LogP contribution is 2.48. The maximum absolute atomic E-state index is 12.7. The molecule has 2 aliphatic rings. The third kappa shape index (κ3) is 2.41. The van der Waals surface area contributed by atoms with E-state index in [0.717, 1.165) is 16.2 Å². The minimum Gasteiger partial charge on any atom is -0.468 e. The van der Waals surface area contributed by atoms with Gasteiger partial charge in [0.2, 0.25) is 11.8 Å². The van der Waals surface area contributed by atoms with Gasteiger partial charge in [-0.2, -0.15) is 0 Å². The summed E-state index contributed by atoms with van der Waals surface area (Å²) in [5.41, 5.74) is 0.659. The van der Waals surface area contributed by atoms with Crippen LogP contribution in [0.1, 0.15) is 18.5 Å². The third-order valence-electron chi connectivity index (χ3n) is 5.39. The van der Waals surface area contributed by atoms with Crippen molar-refractivity contribution in [2.24, 2.45) is 11.8 Å². The minimum atomic E-state index is -1.23. The molecule has 2 aliphatic heterocycles. The largest absolute Gasteiger partial charge is 0.468 e. The van der Waals surface area contributed by atoms with Crippen LogP contribution in [0.2, 0.25) is 0 Å². The van der Waals surface area contributed by atoms with Crippen LogP contribution in [-0.4, -0.2) is 56.5 Å². The Morgan fingerprint density at radius 2 is 1.80 bits per heavy atom. The van der Waals surface area contributed by atoms with E-state index < -0.39 is 29.4 Å². The van der Waals surface area contributed by atoms with Crippen molar-refractivity contribution in [2.75, 3.05) is 33.2 Å². The Balaban J connectivity index is 2.04. The summed E-state index contributed by atoms with van der Waals surface area (Å²) in [6, 6.07) is 7.31. The van der Waals surface area contributed by atoms with Gasteiger partial charge in [0.25, 0.3) is 0 Å². The summed E-state index contributed by atoms with van der Waals surface area (Å²) in [5.74, 6) is -2.53. The molecule has 7 heteroatoms. The van der Waals surface area contributed by atoms with Gasteiger partial charge in [-0.3, -0.25) is 24.6 Å². The molecule has 7 nitrogen and oxygen atoms in total. The normalized spacial score (nSPS) is 31.2. The van der Waals surface area contributed by atoms with Gasteiger partial charge < -0.3 is 9.64 Å². The number of imide groups is 1. The number of nitrogens with zero attached hydrogens (tertiary/aromatic N) is 2. The Hall–Kier alpha value is -2.41. The number of carbonyl (C=O) groups is 3. The van der Waals surface area contributed by atoms with E-state index in [1.165, 1.54) is 14.2 Å². The van der Waals surface area contributed by atoms with Gasteiger partial charge in [0.05, 0.1) is 18.9 Å². The molecule has 2 heterocycles. The van der Waals surface area contributed by atoms with Gasteiger partial charge in [-0.25, -0.2) is 0 Å². The van der Waals surface area contributed by atoms with Gasteiger partial charge in [-0.05, 0) is 24.6 Å². The first-order valence-electron chi connectivity index (χ1n) is 8.17. The molecule has 0 radical (unpaired) electrons. The molecule has 0 unspecified atom stereocenters. The fourth-order valence-corrected chi connectivity index (χ4v) is 3.95. The van der Waals surface area contributed by atoms with Crippen LogP contribution >= 0.6 is 0 Å². The maximum atomic E-state index is 12.7. The second kappa shape index (κ2) is 5.84. The second-order valence-electron chi connectivity index (χ2n) is 7.04. The molecule has 25 heavy (non-hydrogen) atoms. The Kier molecular flexibility index (Phi) is 4.07. The van der Waals surface area contributed by atoms with Crippen LogP contribution in [0.3, 0.4) is 0 Å². The summed E-state index contributed by atoms with van der Waals surface area (Å²) in [7, 11) is 6.64. The van der Waals surface area contributed by atoms with E-state index in [1.807, 2.05) is 43.3 Å². The first-order valence-corrected chi connectivity index (χ1v) is 8.17. The second-order valence-corrected chi connectivity index (χ2v) is 7.04. The molecule has 4 atom stereocenters. The smallest absolute Gasteiger partial charge is 0.326 e. The average molecular weight is 345 g/mol. The molecular formula is C18H23N3O4. The fraction of sp³-hybridized carbons (Fsp3) is 0.500. The van der Waals surface area contributed by atoms with Crippen LogP contribution in [0.4, 0.5) is 5.69 Å². The molecule has 1 aromatic rings. The summed E-state index contributed by atoms with van der Waals surface area (Å²) in [4.78, 5) is 40.7. The molecule has 0 spiro atoms. The summed E-state index contributed by atoms with van der Waals surface area (Å²) in [6.45, 7) is 1.63. The number of anilines is 1.